The number of nitrogens with zero attached hydrogens (tertiary/aromatic N) is 1. The van der Waals surface area contributed by atoms with E-state index in [1.54, 1.807) is 34.6 Å². The number of imide groups is 1. The average molecular weight is 499 g/mol. The fourth-order valence-corrected chi connectivity index (χ4v) is 3.72. The zero-order chi connectivity index (χ0) is 26.7. The molecule has 9 nitrogen and oxygen atoms in total. The van der Waals surface area contributed by atoms with E-state index >= 15 is 0 Å². The molecule has 36 heavy (non-hydrogen) atoms. The molecular weight excluding hydrogens is 464 g/mol. The lowest BCUT2D eigenvalue weighted by atomic mass is 9.91. The molecule has 0 bridgehead atoms. The van der Waals surface area contributed by atoms with E-state index in [0.717, 1.165) is 16.0 Å². The second-order valence-corrected chi connectivity index (χ2v) is 10.0. The standard InChI is InChI=1S/C18H25NO5.C9H9NO2/c1-17(2,3)24-16(21)19-13(12-10-8-7-9-11-12)14(15(19)20)23-18(4,5)22-6;11-8-7(10-9(8)12)6-4-2-1-3-5-6/h7-11,13-14H,1-6H3;1-5,7-8,11H,(H,10,12)/t13-,14+;7-,8+/m00/s1. The largest absolute Gasteiger partial charge is 0.443 e. The zero-order valence-corrected chi connectivity index (χ0v) is 21.4. The Hall–Kier alpha value is -3.27. The van der Waals surface area contributed by atoms with E-state index in [-0.39, 0.29) is 11.9 Å². The molecule has 0 unspecified atom stereocenters. The number of hydrogen-bond donors (Lipinski definition) is 2. The van der Waals surface area contributed by atoms with Gasteiger partial charge in [0.2, 0.25) is 0 Å². The summed E-state index contributed by atoms with van der Waals surface area (Å²) < 4.78 is 16.4. The molecule has 4 rings (SSSR count). The number of aliphatic hydroxyl groups is 1. The van der Waals surface area contributed by atoms with Crippen molar-refractivity contribution in [3.8, 4) is 0 Å². The van der Waals surface area contributed by atoms with Crippen LogP contribution in [0.25, 0.3) is 0 Å². The van der Waals surface area contributed by atoms with Gasteiger partial charge in [-0.15, -0.1) is 0 Å². The number of carbonyl (C=O) groups is 3. The van der Waals surface area contributed by atoms with Crippen molar-refractivity contribution in [2.75, 3.05) is 7.11 Å². The number of β-lactam (4-membered cyclic amide) rings is 2. The van der Waals surface area contributed by atoms with Crippen LogP contribution in [0.2, 0.25) is 0 Å². The highest BCUT2D eigenvalue weighted by Crippen LogP contribution is 2.40. The molecule has 2 heterocycles. The van der Waals surface area contributed by atoms with Crippen molar-refractivity contribution in [3.05, 3.63) is 71.8 Å². The first kappa shape index (κ1) is 27.3. The lowest BCUT2D eigenvalue weighted by Crippen LogP contribution is -2.64. The average Bonchev–Trinajstić information content (AvgIpc) is 2.84. The second kappa shape index (κ2) is 10.8. The number of likely N-dealkylation sites (tertiary alicyclic amines) is 1. The molecule has 0 spiro atoms. The van der Waals surface area contributed by atoms with Crippen LogP contribution in [0.15, 0.2) is 60.7 Å². The Morgan fingerprint density at radius 2 is 1.44 bits per heavy atom. The number of ether oxygens (including phenoxy) is 3. The smallest absolute Gasteiger partial charge is 0.417 e. The fourth-order valence-electron chi connectivity index (χ4n) is 3.72. The fraction of sp³-hybridized carbons (Fsp3) is 0.444. The first-order chi connectivity index (χ1) is 16.8. The minimum Gasteiger partial charge on any atom is -0.443 e. The van der Waals surface area contributed by atoms with Crippen molar-refractivity contribution >= 4 is 17.9 Å². The molecule has 2 fully saturated rings. The maximum absolute atomic E-state index is 12.5. The molecule has 0 aromatic heterocycles. The predicted octanol–water partition coefficient (Wildman–Crippen LogP) is 3.49. The van der Waals surface area contributed by atoms with Crippen LogP contribution in [0.4, 0.5) is 4.79 Å². The van der Waals surface area contributed by atoms with Crippen LogP contribution >= 0.6 is 0 Å². The van der Waals surface area contributed by atoms with E-state index in [1.165, 1.54) is 7.11 Å². The highest BCUT2D eigenvalue weighted by molar-refractivity contribution is 6.01. The Balaban J connectivity index is 0.000000249. The summed E-state index contributed by atoms with van der Waals surface area (Å²) in [5.41, 5.74) is 1.07. The number of rotatable bonds is 5. The molecule has 0 aliphatic carbocycles. The Labute approximate surface area is 211 Å². The van der Waals surface area contributed by atoms with Crippen molar-refractivity contribution < 1.29 is 33.7 Å². The van der Waals surface area contributed by atoms with Gasteiger partial charge in [0.05, 0.1) is 6.04 Å². The highest BCUT2D eigenvalue weighted by Gasteiger charge is 2.55. The van der Waals surface area contributed by atoms with Crippen LogP contribution in [0, 0.1) is 0 Å². The van der Waals surface area contributed by atoms with Gasteiger partial charge in [-0.2, -0.15) is 0 Å². The van der Waals surface area contributed by atoms with Crippen LogP contribution in [-0.4, -0.2) is 58.6 Å². The quantitative estimate of drug-likeness (QED) is 0.479. The first-order valence-electron chi connectivity index (χ1n) is 11.7. The Bertz CT molecular complexity index is 1070. The van der Waals surface area contributed by atoms with Gasteiger partial charge < -0.3 is 24.6 Å². The monoisotopic (exact) mass is 498 g/mol. The van der Waals surface area contributed by atoms with E-state index in [4.69, 9.17) is 14.2 Å². The van der Waals surface area contributed by atoms with Gasteiger partial charge in [-0.3, -0.25) is 9.59 Å². The van der Waals surface area contributed by atoms with Gasteiger partial charge >= 0.3 is 6.09 Å². The molecule has 194 valence electrons. The number of aliphatic hydroxyl groups excluding tert-OH is 1. The maximum Gasteiger partial charge on any atom is 0.417 e. The molecule has 0 saturated carbocycles. The van der Waals surface area contributed by atoms with Crippen molar-refractivity contribution in [1.82, 2.24) is 10.2 Å². The number of hydrogen-bond acceptors (Lipinski definition) is 7. The van der Waals surface area contributed by atoms with E-state index in [9.17, 15) is 19.5 Å². The van der Waals surface area contributed by atoms with E-state index in [2.05, 4.69) is 5.32 Å². The first-order valence-corrected chi connectivity index (χ1v) is 11.7. The lowest BCUT2D eigenvalue weighted by molar-refractivity contribution is -0.252. The van der Waals surface area contributed by atoms with Crippen LogP contribution in [0.3, 0.4) is 0 Å². The van der Waals surface area contributed by atoms with Crippen LogP contribution in [-0.2, 0) is 23.8 Å². The van der Waals surface area contributed by atoms with Gasteiger partial charge in [0.15, 0.2) is 18.0 Å². The van der Waals surface area contributed by atoms with Gasteiger partial charge in [0.1, 0.15) is 11.6 Å². The molecule has 4 atom stereocenters. The predicted molar refractivity (Wildman–Crippen MR) is 132 cm³/mol. The summed E-state index contributed by atoms with van der Waals surface area (Å²) >= 11 is 0. The summed E-state index contributed by atoms with van der Waals surface area (Å²) in [6.07, 6.45) is -2.33. The second-order valence-electron chi connectivity index (χ2n) is 10.0. The summed E-state index contributed by atoms with van der Waals surface area (Å²) in [4.78, 5) is 36.7. The van der Waals surface area contributed by atoms with Crippen molar-refractivity contribution in [2.45, 2.75) is 70.3 Å². The molecule has 3 amide bonds. The van der Waals surface area contributed by atoms with Gasteiger partial charge in [-0.1, -0.05) is 60.7 Å². The molecule has 2 aromatic carbocycles. The van der Waals surface area contributed by atoms with Crippen LogP contribution in [0.1, 0.15) is 57.8 Å². The molecule has 9 heteroatoms. The van der Waals surface area contributed by atoms with Crippen molar-refractivity contribution in [1.29, 1.82) is 0 Å². The zero-order valence-electron chi connectivity index (χ0n) is 21.4. The van der Waals surface area contributed by atoms with Gasteiger partial charge in [0, 0.05) is 7.11 Å². The summed E-state index contributed by atoms with van der Waals surface area (Å²) in [7, 11) is 1.51. The van der Waals surface area contributed by atoms with Crippen LogP contribution in [0.5, 0.6) is 0 Å². The van der Waals surface area contributed by atoms with Crippen LogP contribution < -0.4 is 5.32 Å². The van der Waals surface area contributed by atoms with Crippen molar-refractivity contribution in [3.63, 3.8) is 0 Å². The molecule has 0 radical (unpaired) electrons. The molecule has 2 aliphatic rings. The number of nitrogens with one attached hydrogen (secondary N) is 1. The Morgan fingerprint density at radius 1 is 0.917 bits per heavy atom. The summed E-state index contributed by atoms with van der Waals surface area (Å²) in [6, 6.07) is 18.0. The number of amides is 3. The highest BCUT2D eigenvalue weighted by atomic mass is 16.7. The number of carbonyl (C=O) groups excluding carboxylic acids is 3. The lowest BCUT2D eigenvalue weighted by Gasteiger charge is -2.47. The SMILES string of the molecule is COC(C)(C)O[C@H]1C(=O)N(C(=O)OC(C)(C)C)[C@H]1c1ccccc1.O=C1N[C@@H](c2ccccc2)[C@H]1O. The summed E-state index contributed by atoms with van der Waals surface area (Å²) in [5.74, 6) is -1.65. The third kappa shape index (κ3) is 6.29. The van der Waals surface area contributed by atoms with E-state index in [0.29, 0.717) is 0 Å². The third-order valence-electron chi connectivity index (χ3n) is 5.72. The summed E-state index contributed by atoms with van der Waals surface area (Å²) in [5, 5.41) is 11.8. The molecular formula is C27H34N2O7. The number of methoxy groups -OCH3 is 1. The van der Waals surface area contributed by atoms with Gasteiger partial charge in [-0.25, -0.2) is 9.69 Å². The minimum absolute atomic E-state index is 0.210. The van der Waals surface area contributed by atoms with Crippen molar-refractivity contribution in [2.24, 2.45) is 0 Å². The van der Waals surface area contributed by atoms with E-state index in [1.807, 2.05) is 60.7 Å². The molecule has 2 N–H and O–H groups in total. The Kier molecular flexibility index (Phi) is 8.18. The minimum atomic E-state index is -0.937. The Morgan fingerprint density at radius 3 is 1.89 bits per heavy atom. The summed E-state index contributed by atoms with van der Waals surface area (Å²) in [6.45, 7) is 8.72. The molecule has 2 aromatic rings. The third-order valence-corrected chi connectivity index (χ3v) is 5.72. The van der Waals surface area contributed by atoms with Gasteiger partial charge in [0.25, 0.3) is 11.8 Å². The number of benzene rings is 2. The molecule has 2 saturated heterocycles. The van der Waals surface area contributed by atoms with Gasteiger partial charge in [-0.05, 0) is 45.7 Å². The van der Waals surface area contributed by atoms with E-state index < -0.39 is 41.6 Å². The molecule has 2 aliphatic heterocycles. The maximum atomic E-state index is 12.5. The normalized spacial score (nSPS) is 23.5. The topological polar surface area (TPSA) is 114 Å².